The molecule has 2 fully saturated rings. The van der Waals surface area contributed by atoms with Gasteiger partial charge in [0.25, 0.3) is 0 Å². The van der Waals surface area contributed by atoms with E-state index in [0.717, 1.165) is 65.3 Å². The second kappa shape index (κ2) is 12.7. The zero-order chi connectivity index (χ0) is 19.5. The van der Waals surface area contributed by atoms with Gasteiger partial charge in [0.15, 0.2) is 0 Å². The van der Waals surface area contributed by atoms with Crippen molar-refractivity contribution in [2.45, 2.75) is 45.2 Å². The van der Waals surface area contributed by atoms with Crippen LogP contribution in [0.25, 0.3) is 0 Å². The molecular weight excluding hydrogens is 344 g/mol. The molecule has 0 aromatic carbocycles. The van der Waals surface area contributed by atoms with Gasteiger partial charge in [0.2, 0.25) is 5.91 Å². The van der Waals surface area contributed by atoms with Crippen molar-refractivity contribution in [2.24, 2.45) is 0 Å². The summed E-state index contributed by atoms with van der Waals surface area (Å²) in [6.07, 6.45) is 3.27. The molecule has 2 saturated heterocycles. The lowest BCUT2D eigenvalue weighted by molar-refractivity contribution is -0.137. The third kappa shape index (κ3) is 8.03. The molecule has 2 aliphatic rings. The van der Waals surface area contributed by atoms with Crippen LogP contribution in [0.4, 0.5) is 0 Å². The van der Waals surface area contributed by atoms with Crippen molar-refractivity contribution in [3.63, 3.8) is 0 Å². The first-order chi connectivity index (χ1) is 13.1. The average molecular weight is 385 g/mol. The predicted octanol–water partition coefficient (Wildman–Crippen LogP) is 0.646. The molecule has 2 rings (SSSR count). The lowest BCUT2D eigenvalue weighted by Crippen LogP contribution is -2.50. The number of piperidine rings is 1. The summed E-state index contributed by atoms with van der Waals surface area (Å²) in [6, 6.07) is 1.24. The number of piperazine rings is 1. The predicted molar refractivity (Wildman–Crippen MR) is 108 cm³/mol. The monoisotopic (exact) mass is 384 g/mol. The van der Waals surface area contributed by atoms with Gasteiger partial charge in [-0.05, 0) is 33.2 Å². The van der Waals surface area contributed by atoms with E-state index in [9.17, 15) is 4.79 Å². The van der Waals surface area contributed by atoms with Gasteiger partial charge in [-0.3, -0.25) is 14.6 Å². The molecule has 2 heterocycles. The molecule has 1 atom stereocenters. The van der Waals surface area contributed by atoms with Crippen LogP contribution in [-0.2, 0) is 14.3 Å². The Kier molecular flexibility index (Phi) is 10.6. The first-order valence-electron chi connectivity index (χ1n) is 10.7. The summed E-state index contributed by atoms with van der Waals surface area (Å²) in [5.41, 5.74) is 0. The third-order valence-corrected chi connectivity index (χ3v) is 6.03. The van der Waals surface area contributed by atoms with Crippen LogP contribution in [0.1, 0.15) is 33.1 Å². The van der Waals surface area contributed by atoms with E-state index >= 15 is 0 Å². The van der Waals surface area contributed by atoms with Crippen LogP contribution >= 0.6 is 0 Å². The molecule has 1 N–H and O–H groups in total. The number of carbonyl (C=O) groups excluding carboxylic acids is 1. The normalized spacial score (nSPS) is 21.5. The number of likely N-dealkylation sites (tertiary alicyclic amines) is 1. The molecule has 7 heteroatoms. The van der Waals surface area contributed by atoms with Crippen molar-refractivity contribution in [3.05, 3.63) is 0 Å². The van der Waals surface area contributed by atoms with E-state index in [1.165, 1.54) is 6.42 Å². The maximum Gasteiger partial charge on any atom is 0.248 e. The van der Waals surface area contributed by atoms with Crippen LogP contribution < -0.4 is 5.32 Å². The summed E-state index contributed by atoms with van der Waals surface area (Å²) in [5.74, 6) is 0.101. The van der Waals surface area contributed by atoms with E-state index in [1.807, 2.05) is 11.9 Å². The van der Waals surface area contributed by atoms with Crippen molar-refractivity contribution in [3.8, 4) is 0 Å². The maximum atomic E-state index is 12.1. The fraction of sp³-hybridized carbons (Fsp3) is 0.950. The molecule has 7 nitrogen and oxygen atoms in total. The first-order valence-corrected chi connectivity index (χ1v) is 10.7. The number of nitrogens with zero attached hydrogens (tertiary/aromatic N) is 3. The van der Waals surface area contributed by atoms with Gasteiger partial charge in [0, 0.05) is 57.9 Å². The highest BCUT2D eigenvalue weighted by molar-refractivity contribution is 5.77. The summed E-state index contributed by atoms with van der Waals surface area (Å²) >= 11 is 0. The highest BCUT2D eigenvalue weighted by Crippen LogP contribution is 2.10. The Morgan fingerprint density at radius 3 is 2.33 bits per heavy atom. The minimum atomic E-state index is 0.101. The third-order valence-electron chi connectivity index (χ3n) is 6.03. The first kappa shape index (κ1) is 22.6. The van der Waals surface area contributed by atoms with Crippen LogP contribution in [0.5, 0.6) is 0 Å². The number of hydrogen-bond acceptors (Lipinski definition) is 6. The lowest BCUT2D eigenvalue weighted by Gasteiger charge is -2.37. The number of ether oxygens (including phenoxy) is 2. The molecule has 0 radical (unpaired) electrons. The highest BCUT2D eigenvalue weighted by atomic mass is 16.5. The van der Waals surface area contributed by atoms with Crippen LogP contribution in [0, 0.1) is 0 Å². The lowest BCUT2D eigenvalue weighted by atomic mass is 10.1. The Balaban J connectivity index is 1.42. The van der Waals surface area contributed by atoms with Crippen molar-refractivity contribution < 1.29 is 14.3 Å². The van der Waals surface area contributed by atoms with Gasteiger partial charge in [0.1, 0.15) is 6.61 Å². The fourth-order valence-electron chi connectivity index (χ4n) is 3.77. The van der Waals surface area contributed by atoms with E-state index < -0.39 is 0 Å². The molecule has 0 spiro atoms. The molecule has 27 heavy (non-hydrogen) atoms. The zero-order valence-corrected chi connectivity index (χ0v) is 17.6. The molecule has 0 aromatic rings. The summed E-state index contributed by atoms with van der Waals surface area (Å²) in [5, 5.41) is 3.28. The molecule has 0 aromatic heterocycles. The largest absolute Gasteiger partial charge is 0.378 e. The summed E-state index contributed by atoms with van der Waals surface area (Å²) in [4.78, 5) is 19.1. The second-order valence-corrected chi connectivity index (χ2v) is 7.74. The minimum Gasteiger partial charge on any atom is -0.378 e. The molecule has 158 valence electrons. The summed E-state index contributed by atoms with van der Waals surface area (Å²) < 4.78 is 11.2. The Morgan fingerprint density at radius 2 is 1.70 bits per heavy atom. The van der Waals surface area contributed by atoms with Crippen molar-refractivity contribution in [1.29, 1.82) is 0 Å². The molecule has 0 saturated carbocycles. The van der Waals surface area contributed by atoms with Gasteiger partial charge in [-0.15, -0.1) is 0 Å². The van der Waals surface area contributed by atoms with Gasteiger partial charge >= 0.3 is 0 Å². The maximum absolute atomic E-state index is 12.1. The van der Waals surface area contributed by atoms with Crippen molar-refractivity contribution >= 4 is 5.91 Å². The van der Waals surface area contributed by atoms with Gasteiger partial charge in [-0.1, -0.05) is 6.92 Å². The topological polar surface area (TPSA) is 57.3 Å². The highest BCUT2D eigenvalue weighted by Gasteiger charge is 2.22. The van der Waals surface area contributed by atoms with Crippen LogP contribution in [0.3, 0.4) is 0 Å². The van der Waals surface area contributed by atoms with Crippen LogP contribution in [0.15, 0.2) is 0 Å². The standard InChI is InChI=1S/C20H40N4O3/c1-4-18(2)23-11-9-22(10-12-23)13-14-26-15-16-27-17-20(25)24-7-5-19(21-3)6-8-24/h18-19,21H,4-17H2,1-3H3. The van der Waals surface area contributed by atoms with E-state index in [2.05, 4.69) is 29.0 Å². The Labute approximate surface area is 165 Å². The summed E-state index contributed by atoms with van der Waals surface area (Å²) in [6.45, 7) is 13.7. The van der Waals surface area contributed by atoms with E-state index in [0.29, 0.717) is 25.3 Å². The Hall–Kier alpha value is -0.730. The van der Waals surface area contributed by atoms with Crippen LogP contribution in [-0.4, -0.2) is 112 Å². The quantitative estimate of drug-likeness (QED) is 0.528. The fourth-order valence-corrected chi connectivity index (χ4v) is 3.77. The zero-order valence-electron chi connectivity index (χ0n) is 17.6. The average Bonchev–Trinajstić information content (AvgIpc) is 2.72. The number of rotatable bonds is 11. The minimum absolute atomic E-state index is 0.101. The van der Waals surface area contributed by atoms with Crippen molar-refractivity contribution in [1.82, 2.24) is 20.0 Å². The van der Waals surface area contributed by atoms with Gasteiger partial charge in [-0.25, -0.2) is 0 Å². The second-order valence-electron chi connectivity index (χ2n) is 7.74. The number of amides is 1. The van der Waals surface area contributed by atoms with E-state index in [-0.39, 0.29) is 12.5 Å². The molecule has 1 amide bonds. The SMILES string of the molecule is CCC(C)N1CCN(CCOCCOCC(=O)N2CCC(NC)CC2)CC1. The van der Waals surface area contributed by atoms with Crippen LogP contribution in [0.2, 0.25) is 0 Å². The molecular formula is C20H40N4O3. The Bertz CT molecular complexity index is 408. The smallest absolute Gasteiger partial charge is 0.248 e. The number of carbonyl (C=O) groups is 1. The summed E-state index contributed by atoms with van der Waals surface area (Å²) in [7, 11) is 1.98. The van der Waals surface area contributed by atoms with Crippen molar-refractivity contribution in [2.75, 3.05) is 79.3 Å². The van der Waals surface area contributed by atoms with Gasteiger partial charge in [0.05, 0.1) is 19.8 Å². The van der Waals surface area contributed by atoms with Gasteiger partial charge in [-0.2, -0.15) is 0 Å². The van der Waals surface area contributed by atoms with E-state index in [1.54, 1.807) is 0 Å². The molecule has 2 aliphatic heterocycles. The number of hydrogen-bond donors (Lipinski definition) is 1. The van der Waals surface area contributed by atoms with Gasteiger partial charge < -0.3 is 19.7 Å². The molecule has 1 unspecified atom stereocenters. The molecule has 0 bridgehead atoms. The van der Waals surface area contributed by atoms with E-state index in [4.69, 9.17) is 9.47 Å². The number of nitrogens with one attached hydrogen (secondary N) is 1. The molecule has 0 aliphatic carbocycles. The Morgan fingerprint density at radius 1 is 1.04 bits per heavy atom.